The predicted molar refractivity (Wildman–Crippen MR) is 69.1 cm³/mol. The summed E-state index contributed by atoms with van der Waals surface area (Å²) in [5.41, 5.74) is 6.25. The lowest BCUT2D eigenvalue weighted by molar-refractivity contribution is -0.193. The summed E-state index contributed by atoms with van der Waals surface area (Å²) in [5.74, 6) is 0. The molecule has 1 unspecified atom stereocenters. The van der Waals surface area contributed by atoms with Crippen molar-refractivity contribution < 1.29 is 14.2 Å². The molecule has 0 fully saturated rings. The zero-order valence-corrected chi connectivity index (χ0v) is 11.2. The Morgan fingerprint density at radius 1 is 1.29 bits per heavy atom. The minimum atomic E-state index is -0.380. The van der Waals surface area contributed by atoms with E-state index in [1.807, 2.05) is 20.8 Å². The number of hydrogen-bond donors (Lipinski definition) is 1. The summed E-state index contributed by atoms with van der Waals surface area (Å²) in [6, 6.07) is 0. The third-order valence-corrected chi connectivity index (χ3v) is 2.11. The van der Waals surface area contributed by atoms with Gasteiger partial charge in [-0.15, -0.1) is 0 Å². The third-order valence-electron chi connectivity index (χ3n) is 2.11. The number of ether oxygens (including phenoxy) is 3. The molecule has 0 heterocycles. The van der Waals surface area contributed by atoms with Crippen LogP contribution in [0.5, 0.6) is 0 Å². The average Bonchev–Trinajstić information content (AvgIpc) is 2.34. The van der Waals surface area contributed by atoms with Crippen LogP contribution < -0.4 is 5.73 Å². The third kappa shape index (κ3) is 7.10. The largest absolute Gasteiger partial charge is 0.404 e. The van der Waals surface area contributed by atoms with Crippen molar-refractivity contribution in [3.8, 4) is 0 Å². The quantitative estimate of drug-likeness (QED) is 0.491. The molecule has 17 heavy (non-hydrogen) atoms. The van der Waals surface area contributed by atoms with E-state index in [0.717, 1.165) is 5.57 Å². The summed E-state index contributed by atoms with van der Waals surface area (Å²) in [6.45, 7) is 7.36. The second-order valence-corrected chi connectivity index (χ2v) is 3.46. The molecule has 0 rings (SSSR count). The highest BCUT2D eigenvalue weighted by Crippen LogP contribution is 2.06. The highest BCUT2D eigenvalue weighted by Gasteiger charge is 2.21. The number of rotatable bonds is 9. The first-order valence-corrected chi connectivity index (χ1v) is 5.83. The van der Waals surface area contributed by atoms with E-state index in [9.17, 15) is 0 Å². The SMILES string of the molecule is CCOC(OCC)C(CN=CC(C)=CN)OC. The van der Waals surface area contributed by atoms with Crippen LogP contribution in [-0.2, 0) is 14.2 Å². The van der Waals surface area contributed by atoms with Crippen LogP contribution in [0, 0.1) is 0 Å². The minimum Gasteiger partial charge on any atom is -0.404 e. The van der Waals surface area contributed by atoms with E-state index in [1.54, 1.807) is 13.3 Å². The second-order valence-electron chi connectivity index (χ2n) is 3.46. The Kier molecular flexibility index (Phi) is 9.71. The molecule has 100 valence electrons. The first kappa shape index (κ1) is 16.1. The first-order valence-electron chi connectivity index (χ1n) is 5.83. The molecule has 1 atom stereocenters. The molecule has 0 aliphatic rings. The summed E-state index contributed by atoms with van der Waals surface area (Å²) >= 11 is 0. The Morgan fingerprint density at radius 3 is 2.29 bits per heavy atom. The highest BCUT2D eigenvalue weighted by molar-refractivity contribution is 5.77. The van der Waals surface area contributed by atoms with E-state index in [0.29, 0.717) is 19.8 Å². The summed E-state index contributed by atoms with van der Waals surface area (Å²) in [7, 11) is 1.62. The van der Waals surface area contributed by atoms with Gasteiger partial charge < -0.3 is 19.9 Å². The van der Waals surface area contributed by atoms with Gasteiger partial charge >= 0.3 is 0 Å². The van der Waals surface area contributed by atoms with E-state index in [1.165, 1.54) is 6.20 Å². The topological polar surface area (TPSA) is 66.1 Å². The van der Waals surface area contributed by atoms with Crippen molar-refractivity contribution in [3.63, 3.8) is 0 Å². The van der Waals surface area contributed by atoms with E-state index >= 15 is 0 Å². The number of aliphatic imine (C=N–C) groups is 1. The van der Waals surface area contributed by atoms with Crippen LogP contribution in [0.1, 0.15) is 20.8 Å². The molecule has 2 N–H and O–H groups in total. The van der Waals surface area contributed by atoms with Gasteiger partial charge in [0.05, 0.1) is 6.54 Å². The Bertz CT molecular complexity index is 236. The zero-order chi connectivity index (χ0) is 13.1. The molecule has 0 bridgehead atoms. The van der Waals surface area contributed by atoms with Crippen molar-refractivity contribution >= 4 is 6.21 Å². The predicted octanol–water partition coefficient (Wildman–Crippen LogP) is 1.33. The van der Waals surface area contributed by atoms with Crippen molar-refractivity contribution in [1.82, 2.24) is 0 Å². The van der Waals surface area contributed by atoms with Crippen molar-refractivity contribution in [3.05, 3.63) is 11.8 Å². The van der Waals surface area contributed by atoms with E-state index in [-0.39, 0.29) is 12.4 Å². The lowest BCUT2D eigenvalue weighted by atomic mass is 10.3. The van der Waals surface area contributed by atoms with Crippen LogP contribution >= 0.6 is 0 Å². The van der Waals surface area contributed by atoms with Gasteiger partial charge in [0, 0.05) is 26.5 Å². The van der Waals surface area contributed by atoms with Gasteiger partial charge in [0.15, 0.2) is 6.29 Å². The van der Waals surface area contributed by atoms with E-state index < -0.39 is 0 Å². The number of allylic oxidation sites excluding steroid dienone is 1. The number of nitrogens with two attached hydrogens (primary N) is 1. The monoisotopic (exact) mass is 244 g/mol. The smallest absolute Gasteiger partial charge is 0.185 e. The first-order chi connectivity index (χ1) is 8.19. The molecule has 0 saturated heterocycles. The van der Waals surface area contributed by atoms with Crippen molar-refractivity contribution in [1.29, 1.82) is 0 Å². The lowest BCUT2D eigenvalue weighted by Gasteiger charge is -2.24. The van der Waals surface area contributed by atoms with Crippen LogP contribution in [0.15, 0.2) is 16.8 Å². The molecule has 0 saturated carbocycles. The molecule has 0 amide bonds. The Morgan fingerprint density at radius 2 is 1.88 bits per heavy atom. The maximum absolute atomic E-state index is 5.46. The summed E-state index contributed by atoms with van der Waals surface area (Å²) < 4.78 is 16.2. The van der Waals surface area contributed by atoms with Crippen molar-refractivity contribution in [2.45, 2.75) is 33.2 Å². The minimum absolute atomic E-state index is 0.211. The number of hydrogen-bond acceptors (Lipinski definition) is 5. The van der Waals surface area contributed by atoms with E-state index in [4.69, 9.17) is 19.9 Å². The zero-order valence-electron chi connectivity index (χ0n) is 11.2. The van der Waals surface area contributed by atoms with Crippen LogP contribution in [0.25, 0.3) is 0 Å². The normalized spacial score (nSPS) is 14.8. The van der Waals surface area contributed by atoms with E-state index in [2.05, 4.69) is 4.99 Å². The second kappa shape index (κ2) is 10.3. The van der Waals surface area contributed by atoms with Gasteiger partial charge in [-0.05, 0) is 32.5 Å². The van der Waals surface area contributed by atoms with Gasteiger partial charge in [-0.3, -0.25) is 4.99 Å². The maximum Gasteiger partial charge on any atom is 0.185 e. The molecule has 5 nitrogen and oxygen atoms in total. The lowest BCUT2D eigenvalue weighted by Crippen LogP contribution is -2.35. The van der Waals surface area contributed by atoms with Crippen LogP contribution in [0.4, 0.5) is 0 Å². The summed E-state index contributed by atoms with van der Waals surface area (Å²) in [5, 5.41) is 0. The molecule has 0 aromatic heterocycles. The molecule has 0 spiro atoms. The standard InChI is InChI=1S/C12H24N2O3/c1-5-16-12(17-6-2)11(15-4)9-14-8-10(3)7-13/h7-8,11-12H,5-6,9,13H2,1-4H3. The van der Waals surface area contributed by atoms with Gasteiger partial charge in [-0.25, -0.2) is 0 Å². The molecular formula is C12H24N2O3. The Hall–Kier alpha value is -0.910. The molecular weight excluding hydrogens is 220 g/mol. The Labute approximate surface area is 104 Å². The number of methoxy groups -OCH3 is 1. The average molecular weight is 244 g/mol. The van der Waals surface area contributed by atoms with Crippen LogP contribution in [-0.4, -0.2) is 45.5 Å². The molecule has 0 aromatic carbocycles. The highest BCUT2D eigenvalue weighted by atomic mass is 16.7. The van der Waals surface area contributed by atoms with Gasteiger partial charge in [0.1, 0.15) is 6.10 Å². The van der Waals surface area contributed by atoms with Gasteiger partial charge in [0.2, 0.25) is 0 Å². The fourth-order valence-corrected chi connectivity index (χ4v) is 1.21. The fraction of sp³-hybridized carbons (Fsp3) is 0.750. The van der Waals surface area contributed by atoms with Gasteiger partial charge in [-0.1, -0.05) is 0 Å². The molecule has 0 aromatic rings. The molecule has 0 aliphatic heterocycles. The number of nitrogens with zero attached hydrogens (tertiary/aromatic N) is 1. The van der Waals surface area contributed by atoms with Crippen LogP contribution in [0.3, 0.4) is 0 Å². The molecule has 5 heteroatoms. The van der Waals surface area contributed by atoms with Gasteiger partial charge in [0.25, 0.3) is 0 Å². The molecule has 0 aliphatic carbocycles. The summed E-state index contributed by atoms with van der Waals surface area (Å²) in [4.78, 5) is 4.24. The van der Waals surface area contributed by atoms with Crippen LogP contribution in [0.2, 0.25) is 0 Å². The van der Waals surface area contributed by atoms with Gasteiger partial charge in [-0.2, -0.15) is 0 Å². The molecule has 0 radical (unpaired) electrons. The van der Waals surface area contributed by atoms with Crippen molar-refractivity contribution in [2.75, 3.05) is 26.9 Å². The summed E-state index contributed by atoms with van der Waals surface area (Å²) in [6.07, 6.45) is 2.63. The Balaban J connectivity index is 4.31. The maximum atomic E-state index is 5.46. The fourth-order valence-electron chi connectivity index (χ4n) is 1.21. The van der Waals surface area contributed by atoms with Crippen molar-refractivity contribution in [2.24, 2.45) is 10.7 Å².